The molecule has 5 nitrogen and oxygen atoms in total. The summed E-state index contributed by atoms with van der Waals surface area (Å²) < 4.78 is 5.61. The Kier molecular flexibility index (Phi) is 5.33. The predicted molar refractivity (Wildman–Crippen MR) is 106 cm³/mol. The Hall–Kier alpha value is -2.82. The first-order valence-corrected chi connectivity index (χ1v) is 9.97. The minimum absolute atomic E-state index is 0.00926. The number of carbonyl (C=O) groups excluding carboxylic acids is 1. The molecule has 5 heteroatoms. The number of nitrogens with one attached hydrogen (secondary N) is 1. The number of carbonyl (C=O) groups is 2. The molecule has 2 atom stereocenters. The third-order valence-electron chi connectivity index (χ3n) is 6.03. The molecule has 4 rings (SSSR count). The van der Waals surface area contributed by atoms with Crippen molar-refractivity contribution < 1.29 is 19.4 Å². The van der Waals surface area contributed by atoms with Crippen molar-refractivity contribution >= 4 is 12.1 Å². The second-order valence-corrected chi connectivity index (χ2v) is 7.70. The molecule has 0 heterocycles. The lowest BCUT2D eigenvalue weighted by Gasteiger charge is -2.21. The van der Waals surface area contributed by atoms with E-state index >= 15 is 0 Å². The van der Waals surface area contributed by atoms with Crippen molar-refractivity contribution in [3.63, 3.8) is 0 Å². The number of benzene rings is 2. The Bertz CT molecular complexity index is 833. The van der Waals surface area contributed by atoms with Gasteiger partial charge in [0.05, 0.1) is 0 Å². The van der Waals surface area contributed by atoms with Crippen LogP contribution in [-0.4, -0.2) is 29.8 Å². The number of rotatable bonds is 6. The Morgan fingerprint density at radius 1 is 1.00 bits per heavy atom. The van der Waals surface area contributed by atoms with E-state index in [-0.39, 0.29) is 24.3 Å². The number of hydrogen-bond donors (Lipinski definition) is 2. The quantitative estimate of drug-likeness (QED) is 0.771. The molecule has 0 bridgehead atoms. The van der Waals surface area contributed by atoms with Gasteiger partial charge in [-0.25, -0.2) is 4.79 Å². The average Bonchev–Trinajstić information content (AvgIpc) is 3.27. The fourth-order valence-corrected chi connectivity index (χ4v) is 4.67. The Balaban J connectivity index is 1.38. The molecule has 1 saturated carbocycles. The maximum Gasteiger partial charge on any atom is 0.407 e. The third-order valence-corrected chi connectivity index (χ3v) is 6.03. The van der Waals surface area contributed by atoms with Crippen molar-refractivity contribution in [1.82, 2.24) is 5.32 Å². The predicted octanol–water partition coefficient (Wildman–Crippen LogP) is 4.56. The van der Waals surface area contributed by atoms with Gasteiger partial charge < -0.3 is 15.2 Å². The van der Waals surface area contributed by atoms with E-state index in [0.29, 0.717) is 13.0 Å². The molecule has 2 aromatic rings. The fraction of sp³-hybridized carbons (Fsp3) is 0.391. The molecule has 2 N–H and O–H groups in total. The van der Waals surface area contributed by atoms with Crippen LogP contribution in [0.4, 0.5) is 4.79 Å². The first-order chi connectivity index (χ1) is 13.6. The molecular formula is C23H25NO4. The highest BCUT2D eigenvalue weighted by atomic mass is 16.5. The summed E-state index contributed by atoms with van der Waals surface area (Å²) in [4.78, 5) is 23.2. The number of amides is 1. The Morgan fingerprint density at radius 2 is 1.64 bits per heavy atom. The molecule has 146 valence electrons. The number of aliphatic carboxylic acids is 1. The zero-order valence-corrected chi connectivity index (χ0v) is 15.8. The highest BCUT2D eigenvalue weighted by molar-refractivity contribution is 5.79. The van der Waals surface area contributed by atoms with Crippen LogP contribution < -0.4 is 5.32 Å². The van der Waals surface area contributed by atoms with Crippen molar-refractivity contribution in [3.8, 4) is 11.1 Å². The number of ether oxygens (including phenoxy) is 1. The highest BCUT2D eigenvalue weighted by Crippen LogP contribution is 2.44. The SMILES string of the molecule is O=C(O)CC[C@@H]1CCC[C@@H]1NC(=O)OCC1c2ccccc2-c2ccccc21. The molecule has 0 aromatic heterocycles. The minimum atomic E-state index is -0.785. The number of fused-ring (bicyclic) bond motifs is 3. The van der Waals surface area contributed by atoms with E-state index < -0.39 is 12.1 Å². The molecule has 1 amide bonds. The summed E-state index contributed by atoms with van der Waals surface area (Å²) >= 11 is 0. The molecular weight excluding hydrogens is 354 g/mol. The van der Waals surface area contributed by atoms with Crippen LogP contribution in [0.15, 0.2) is 48.5 Å². The summed E-state index contributed by atoms with van der Waals surface area (Å²) in [6.07, 6.45) is 3.19. The zero-order chi connectivity index (χ0) is 19.5. The Morgan fingerprint density at radius 3 is 2.29 bits per heavy atom. The minimum Gasteiger partial charge on any atom is -0.481 e. The van der Waals surface area contributed by atoms with Crippen LogP contribution in [0.5, 0.6) is 0 Å². The van der Waals surface area contributed by atoms with E-state index in [1.807, 2.05) is 24.3 Å². The molecule has 0 aliphatic heterocycles. The third kappa shape index (κ3) is 3.75. The van der Waals surface area contributed by atoms with Gasteiger partial charge in [-0.15, -0.1) is 0 Å². The van der Waals surface area contributed by atoms with E-state index in [4.69, 9.17) is 9.84 Å². The smallest absolute Gasteiger partial charge is 0.407 e. The normalized spacial score (nSPS) is 20.4. The summed E-state index contributed by atoms with van der Waals surface area (Å²) in [5.74, 6) is -0.520. The van der Waals surface area contributed by atoms with Gasteiger partial charge in [0.1, 0.15) is 6.61 Å². The average molecular weight is 379 g/mol. The maximum absolute atomic E-state index is 12.4. The molecule has 1 fully saturated rings. The lowest BCUT2D eigenvalue weighted by Crippen LogP contribution is -2.38. The van der Waals surface area contributed by atoms with Gasteiger partial charge >= 0.3 is 12.1 Å². The molecule has 0 radical (unpaired) electrons. The van der Waals surface area contributed by atoms with Gasteiger partial charge in [0, 0.05) is 18.4 Å². The molecule has 0 saturated heterocycles. The summed E-state index contributed by atoms with van der Waals surface area (Å²) in [6, 6.07) is 16.5. The van der Waals surface area contributed by atoms with Crippen LogP contribution in [0.25, 0.3) is 11.1 Å². The first-order valence-electron chi connectivity index (χ1n) is 9.97. The van der Waals surface area contributed by atoms with Crippen molar-refractivity contribution in [2.24, 2.45) is 5.92 Å². The largest absolute Gasteiger partial charge is 0.481 e. The summed E-state index contributed by atoms with van der Waals surface area (Å²) in [7, 11) is 0. The van der Waals surface area contributed by atoms with E-state index in [0.717, 1.165) is 19.3 Å². The molecule has 28 heavy (non-hydrogen) atoms. The molecule has 0 spiro atoms. The van der Waals surface area contributed by atoms with Crippen LogP contribution in [-0.2, 0) is 9.53 Å². The second kappa shape index (κ2) is 8.05. The second-order valence-electron chi connectivity index (χ2n) is 7.70. The number of carboxylic acids is 1. The van der Waals surface area contributed by atoms with Crippen molar-refractivity contribution in [2.75, 3.05) is 6.61 Å². The summed E-state index contributed by atoms with van der Waals surface area (Å²) in [5.41, 5.74) is 4.79. The lowest BCUT2D eigenvalue weighted by atomic mass is 9.97. The van der Waals surface area contributed by atoms with E-state index in [1.54, 1.807) is 0 Å². The number of alkyl carbamates (subject to hydrolysis) is 1. The maximum atomic E-state index is 12.4. The van der Waals surface area contributed by atoms with Gasteiger partial charge in [-0.1, -0.05) is 55.0 Å². The van der Waals surface area contributed by atoms with E-state index in [9.17, 15) is 9.59 Å². The van der Waals surface area contributed by atoms with E-state index in [2.05, 4.69) is 29.6 Å². The standard InChI is InChI=1S/C23H25NO4/c25-22(26)13-12-15-6-5-11-21(15)24-23(27)28-14-20-18-9-3-1-7-16(18)17-8-2-4-10-19(17)20/h1-4,7-10,15,20-21H,5-6,11-14H2,(H,24,27)(H,25,26)/t15-,21-/m0/s1. The Labute approximate surface area is 164 Å². The summed E-state index contributed by atoms with van der Waals surface area (Å²) in [6.45, 7) is 0.298. The van der Waals surface area contributed by atoms with Gasteiger partial charge in [0.25, 0.3) is 0 Å². The number of carboxylic acid groups (broad SMARTS) is 1. The van der Waals surface area contributed by atoms with Crippen molar-refractivity contribution in [3.05, 3.63) is 59.7 Å². The fourth-order valence-electron chi connectivity index (χ4n) is 4.67. The van der Waals surface area contributed by atoms with Crippen LogP contribution in [0.3, 0.4) is 0 Å². The summed E-state index contributed by atoms with van der Waals surface area (Å²) in [5, 5.41) is 11.9. The van der Waals surface area contributed by atoms with Crippen LogP contribution in [0.2, 0.25) is 0 Å². The topological polar surface area (TPSA) is 75.6 Å². The zero-order valence-electron chi connectivity index (χ0n) is 15.8. The molecule has 2 aromatic carbocycles. The van der Waals surface area contributed by atoms with Crippen LogP contribution in [0.1, 0.15) is 49.1 Å². The van der Waals surface area contributed by atoms with Crippen molar-refractivity contribution in [2.45, 2.75) is 44.1 Å². The van der Waals surface area contributed by atoms with Crippen LogP contribution in [0, 0.1) is 5.92 Å². The lowest BCUT2D eigenvalue weighted by molar-refractivity contribution is -0.137. The first kappa shape index (κ1) is 18.5. The van der Waals surface area contributed by atoms with Crippen LogP contribution >= 0.6 is 0 Å². The van der Waals surface area contributed by atoms with Gasteiger partial charge in [-0.2, -0.15) is 0 Å². The highest BCUT2D eigenvalue weighted by Gasteiger charge is 2.31. The monoisotopic (exact) mass is 379 g/mol. The molecule has 2 aliphatic carbocycles. The van der Waals surface area contributed by atoms with Gasteiger partial charge in [-0.05, 0) is 47.4 Å². The van der Waals surface area contributed by atoms with E-state index in [1.165, 1.54) is 22.3 Å². The van der Waals surface area contributed by atoms with Gasteiger partial charge in [-0.3, -0.25) is 4.79 Å². The number of hydrogen-bond acceptors (Lipinski definition) is 3. The molecule has 2 aliphatic rings. The van der Waals surface area contributed by atoms with Gasteiger partial charge in [0.15, 0.2) is 0 Å². The van der Waals surface area contributed by atoms with Crippen molar-refractivity contribution in [1.29, 1.82) is 0 Å². The molecule has 0 unspecified atom stereocenters. The van der Waals surface area contributed by atoms with Gasteiger partial charge in [0.2, 0.25) is 0 Å².